The molecule has 0 saturated heterocycles. The van der Waals surface area contributed by atoms with Gasteiger partial charge in [0.15, 0.2) is 5.65 Å². The van der Waals surface area contributed by atoms with Crippen molar-refractivity contribution in [2.75, 3.05) is 0 Å². The number of aliphatic hydroxyl groups excluding tert-OH is 1. The van der Waals surface area contributed by atoms with Crippen molar-refractivity contribution in [3.05, 3.63) is 87.3 Å². The van der Waals surface area contributed by atoms with E-state index in [1.54, 1.807) is 21.4 Å². The standard InChI is InChI=1S/C30H29ClF2N6O3/c1-37-22(16-40)12-18-11-21(8-9-24(18)37)39-28-25(3-2-10-34-28)38(30(39)42)15-17-4-6-20(7-5-17)36-29(41)23-13-19(31)14-35-26(23)27(32)33/h2-3,8-14,17,20,27,40H,4-7,15-16H2,1H3,(H,36,41). The van der Waals surface area contributed by atoms with Gasteiger partial charge in [0.2, 0.25) is 0 Å². The molecule has 0 aliphatic heterocycles. The predicted octanol–water partition coefficient (Wildman–Crippen LogP) is 5.15. The van der Waals surface area contributed by atoms with Gasteiger partial charge in [0.25, 0.3) is 12.3 Å². The number of benzene rings is 1. The fraction of sp³-hybridized carbons (Fsp3) is 0.333. The number of aryl methyl sites for hydroxylation is 1. The first-order valence-electron chi connectivity index (χ1n) is 13.8. The molecule has 1 saturated carbocycles. The van der Waals surface area contributed by atoms with Crippen molar-refractivity contribution in [1.29, 1.82) is 0 Å². The highest BCUT2D eigenvalue weighted by Gasteiger charge is 2.27. The first-order valence-corrected chi connectivity index (χ1v) is 14.1. The predicted molar refractivity (Wildman–Crippen MR) is 155 cm³/mol. The summed E-state index contributed by atoms with van der Waals surface area (Å²) in [4.78, 5) is 34.8. The zero-order valence-electron chi connectivity index (χ0n) is 22.8. The average molecular weight is 595 g/mol. The van der Waals surface area contributed by atoms with Crippen molar-refractivity contribution in [2.45, 2.75) is 51.3 Å². The first kappa shape index (κ1) is 28.0. The lowest BCUT2D eigenvalue weighted by atomic mass is 9.85. The van der Waals surface area contributed by atoms with Gasteiger partial charge in [-0.15, -0.1) is 0 Å². The van der Waals surface area contributed by atoms with E-state index in [1.807, 2.05) is 41.9 Å². The Labute approximate surface area is 244 Å². The monoisotopic (exact) mass is 594 g/mol. The van der Waals surface area contributed by atoms with Gasteiger partial charge in [-0.1, -0.05) is 11.6 Å². The first-order chi connectivity index (χ1) is 20.2. The van der Waals surface area contributed by atoms with Crippen molar-refractivity contribution in [1.82, 2.24) is 29.0 Å². The summed E-state index contributed by atoms with van der Waals surface area (Å²) >= 11 is 5.91. The van der Waals surface area contributed by atoms with E-state index in [2.05, 4.69) is 15.3 Å². The molecule has 0 spiro atoms. The Morgan fingerprint density at radius 2 is 1.90 bits per heavy atom. The number of halogens is 3. The maximum atomic E-state index is 13.8. The summed E-state index contributed by atoms with van der Waals surface area (Å²) in [7, 11) is 1.89. The van der Waals surface area contributed by atoms with Crippen LogP contribution in [0.2, 0.25) is 5.02 Å². The molecule has 12 heteroatoms. The van der Waals surface area contributed by atoms with Gasteiger partial charge in [-0.2, -0.15) is 0 Å². The molecule has 9 nitrogen and oxygen atoms in total. The highest BCUT2D eigenvalue weighted by Crippen LogP contribution is 2.29. The van der Waals surface area contributed by atoms with Crippen LogP contribution in [0.4, 0.5) is 8.78 Å². The molecule has 1 amide bonds. The van der Waals surface area contributed by atoms with E-state index < -0.39 is 18.0 Å². The van der Waals surface area contributed by atoms with Crippen molar-refractivity contribution < 1.29 is 18.7 Å². The van der Waals surface area contributed by atoms with E-state index in [0.717, 1.165) is 41.2 Å². The summed E-state index contributed by atoms with van der Waals surface area (Å²) in [5, 5.41) is 13.6. The Bertz CT molecular complexity index is 1860. The number of alkyl halides is 2. The van der Waals surface area contributed by atoms with Crippen LogP contribution in [0.1, 0.15) is 53.9 Å². The molecular formula is C30H29ClF2N6O3. The molecule has 4 aromatic heterocycles. The van der Waals surface area contributed by atoms with E-state index in [4.69, 9.17) is 11.6 Å². The molecule has 1 aliphatic rings. The fourth-order valence-corrected chi connectivity index (χ4v) is 6.15. The Balaban J connectivity index is 1.20. The van der Waals surface area contributed by atoms with Crippen LogP contribution in [-0.2, 0) is 20.2 Å². The number of amides is 1. The molecule has 42 heavy (non-hydrogen) atoms. The number of carbonyl (C=O) groups excluding carboxylic acids is 1. The Kier molecular flexibility index (Phi) is 7.54. The van der Waals surface area contributed by atoms with Crippen LogP contribution in [0.25, 0.3) is 27.8 Å². The Morgan fingerprint density at radius 3 is 2.64 bits per heavy atom. The molecule has 0 unspecified atom stereocenters. The molecule has 0 radical (unpaired) electrons. The van der Waals surface area contributed by atoms with Crippen LogP contribution in [0.5, 0.6) is 0 Å². The zero-order chi connectivity index (χ0) is 29.5. The van der Waals surface area contributed by atoms with E-state index >= 15 is 0 Å². The quantitative estimate of drug-likeness (QED) is 0.271. The van der Waals surface area contributed by atoms with Crippen molar-refractivity contribution in [2.24, 2.45) is 13.0 Å². The third kappa shape index (κ3) is 5.07. The number of nitrogens with one attached hydrogen (secondary N) is 1. The summed E-state index contributed by atoms with van der Waals surface area (Å²) in [6.07, 6.45) is 2.68. The molecule has 1 aromatic carbocycles. The Hall–Kier alpha value is -4.09. The van der Waals surface area contributed by atoms with Gasteiger partial charge >= 0.3 is 5.69 Å². The van der Waals surface area contributed by atoms with Gasteiger partial charge in [0, 0.05) is 48.6 Å². The van der Waals surface area contributed by atoms with Gasteiger partial charge in [-0.3, -0.25) is 14.3 Å². The van der Waals surface area contributed by atoms with Gasteiger partial charge in [-0.05, 0) is 74.1 Å². The molecule has 5 aromatic rings. The van der Waals surface area contributed by atoms with Crippen LogP contribution >= 0.6 is 11.6 Å². The molecule has 6 rings (SSSR count). The van der Waals surface area contributed by atoms with Crippen molar-refractivity contribution >= 4 is 39.6 Å². The number of rotatable bonds is 7. The molecule has 0 atom stereocenters. The summed E-state index contributed by atoms with van der Waals surface area (Å²) in [6, 6.07) is 12.4. The van der Waals surface area contributed by atoms with Gasteiger partial charge < -0.3 is 15.0 Å². The number of hydrogen-bond acceptors (Lipinski definition) is 5. The molecule has 1 aliphatic carbocycles. The third-order valence-corrected chi connectivity index (χ3v) is 8.40. The van der Waals surface area contributed by atoms with Crippen LogP contribution in [0.3, 0.4) is 0 Å². The van der Waals surface area contributed by atoms with Crippen LogP contribution in [0.15, 0.2) is 59.7 Å². The second-order valence-corrected chi connectivity index (χ2v) is 11.2. The maximum Gasteiger partial charge on any atom is 0.334 e. The molecular weight excluding hydrogens is 566 g/mol. The topological polar surface area (TPSA) is 107 Å². The SMILES string of the molecule is Cn1c(CO)cc2cc(-n3c(=O)n(CC4CCC(NC(=O)c5cc(Cl)cnc5C(F)F)CC4)c4cccnc43)ccc21. The number of carbonyl (C=O) groups is 1. The van der Waals surface area contributed by atoms with Crippen molar-refractivity contribution in [3.63, 3.8) is 0 Å². The number of aromatic nitrogens is 5. The van der Waals surface area contributed by atoms with E-state index in [1.165, 1.54) is 6.07 Å². The summed E-state index contributed by atoms with van der Waals surface area (Å²) < 4.78 is 32.1. The highest BCUT2D eigenvalue weighted by atomic mass is 35.5. The van der Waals surface area contributed by atoms with Crippen LogP contribution in [0, 0.1) is 5.92 Å². The molecule has 4 heterocycles. The van der Waals surface area contributed by atoms with Crippen LogP contribution < -0.4 is 11.0 Å². The Morgan fingerprint density at radius 1 is 1.12 bits per heavy atom. The van der Waals surface area contributed by atoms with Crippen molar-refractivity contribution in [3.8, 4) is 5.69 Å². The minimum absolute atomic E-state index is 0.0815. The smallest absolute Gasteiger partial charge is 0.334 e. The normalized spacial score (nSPS) is 17.4. The second-order valence-electron chi connectivity index (χ2n) is 10.7. The fourth-order valence-electron chi connectivity index (χ4n) is 6.00. The second kappa shape index (κ2) is 11.3. The van der Waals surface area contributed by atoms with Gasteiger partial charge in [0.1, 0.15) is 5.69 Å². The number of aliphatic hydroxyl groups is 1. The minimum Gasteiger partial charge on any atom is -0.390 e. The van der Waals surface area contributed by atoms with E-state index in [9.17, 15) is 23.5 Å². The van der Waals surface area contributed by atoms with Crippen LogP contribution in [-0.4, -0.2) is 40.7 Å². The van der Waals surface area contributed by atoms with E-state index in [0.29, 0.717) is 30.7 Å². The number of nitrogens with zero attached hydrogens (tertiary/aromatic N) is 5. The minimum atomic E-state index is -2.89. The largest absolute Gasteiger partial charge is 0.390 e. The number of pyridine rings is 2. The zero-order valence-corrected chi connectivity index (χ0v) is 23.6. The van der Waals surface area contributed by atoms with Gasteiger partial charge in [0.05, 0.1) is 28.4 Å². The van der Waals surface area contributed by atoms with E-state index in [-0.39, 0.29) is 34.8 Å². The lowest BCUT2D eigenvalue weighted by Gasteiger charge is -2.29. The molecule has 218 valence electrons. The summed E-state index contributed by atoms with van der Waals surface area (Å²) in [5.74, 6) is -0.432. The summed E-state index contributed by atoms with van der Waals surface area (Å²) in [5.41, 5.74) is 2.72. The molecule has 0 bridgehead atoms. The highest BCUT2D eigenvalue weighted by molar-refractivity contribution is 6.30. The maximum absolute atomic E-state index is 13.8. The molecule has 1 fully saturated rings. The lowest BCUT2D eigenvalue weighted by Crippen LogP contribution is -2.39. The number of hydrogen-bond donors (Lipinski definition) is 2. The number of imidazole rings is 1. The van der Waals surface area contributed by atoms with Gasteiger partial charge in [-0.25, -0.2) is 23.1 Å². The number of fused-ring (bicyclic) bond motifs is 2. The lowest BCUT2D eigenvalue weighted by molar-refractivity contribution is 0.0904. The third-order valence-electron chi connectivity index (χ3n) is 8.20. The summed E-state index contributed by atoms with van der Waals surface area (Å²) in [6.45, 7) is 0.409. The molecule has 2 N–H and O–H groups in total. The average Bonchev–Trinajstić information content (AvgIpc) is 3.46.